The van der Waals surface area contributed by atoms with Gasteiger partial charge in [-0.25, -0.2) is 4.98 Å². The fourth-order valence-corrected chi connectivity index (χ4v) is 4.07. The van der Waals surface area contributed by atoms with Crippen LogP contribution in [0.2, 0.25) is 0 Å². The molecule has 0 bridgehead atoms. The second-order valence-electron chi connectivity index (χ2n) is 7.95. The number of aromatic nitrogens is 4. The summed E-state index contributed by atoms with van der Waals surface area (Å²) in [6.45, 7) is 6.55. The first-order valence-electron chi connectivity index (χ1n) is 11.0. The summed E-state index contributed by atoms with van der Waals surface area (Å²) in [7, 11) is 0. The van der Waals surface area contributed by atoms with Crippen molar-refractivity contribution in [2.24, 2.45) is 0 Å². The molecule has 4 aromatic rings. The first-order chi connectivity index (χ1) is 15.7. The summed E-state index contributed by atoms with van der Waals surface area (Å²) in [5.41, 5.74) is 3.94. The van der Waals surface area contributed by atoms with Crippen molar-refractivity contribution in [1.29, 1.82) is 0 Å². The predicted octanol–water partition coefficient (Wildman–Crippen LogP) is 3.65. The smallest absolute Gasteiger partial charge is 0.167 e. The van der Waals surface area contributed by atoms with Gasteiger partial charge in [-0.2, -0.15) is 9.61 Å². The number of phenolic OH excluding ortho intramolecular Hbond substituents is 1. The average molecular weight is 430 g/mol. The molecule has 0 unspecified atom stereocenters. The first kappa shape index (κ1) is 20.1. The quantitative estimate of drug-likeness (QED) is 0.484. The van der Waals surface area contributed by atoms with Gasteiger partial charge in [0.05, 0.1) is 6.20 Å². The molecule has 0 amide bonds. The Labute approximate surface area is 187 Å². The largest absolute Gasteiger partial charge is 0.508 e. The van der Waals surface area contributed by atoms with E-state index < -0.39 is 0 Å². The van der Waals surface area contributed by atoms with Gasteiger partial charge in [-0.15, -0.1) is 0 Å². The zero-order chi connectivity index (χ0) is 21.9. The minimum Gasteiger partial charge on any atom is -0.508 e. The number of aromatic hydroxyl groups is 1. The molecule has 5 rings (SSSR count). The van der Waals surface area contributed by atoms with Crippen LogP contribution in [0.15, 0.2) is 61.1 Å². The van der Waals surface area contributed by atoms with Gasteiger partial charge in [0, 0.05) is 68.0 Å². The van der Waals surface area contributed by atoms with Crippen LogP contribution in [-0.4, -0.2) is 57.4 Å². The number of rotatable bonds is 6. The summed E-state index contributed by atoms with van der Waals surface area (Å²) >= 11 is 0. The standard InChI is InChI=1S/C24H27N7O/c1-2-9-26-22-15-23(28-24-21(17-27-31(22)24)18-4-3-10-25-16-18)30-13-11-29(12-14-30)19-5-7-20(32)8-6-19/h3-8,10,15-17,26,32H,2,9,11-14H2,1H3. The van der Waals surface area contributed by atoms with Crippen molar-refractivity contribution >= 4 is 23.0 Å². The van der Waals surface area contributed by atoms with Crippen LogP contribution in [0.3, 0.4) is 0 Å². The third kappa shape index (κ3) is 3.91. The molecule has 8 nitrogen and oxygen atoms in total. The molecule has 2 N–H and O–H groups in total. The Morgan fingerprint density at radius 2 is 1.78 bits per heavy atom. The summed E-state index contributed by atoms with van der Waals surface area (Å²) in [6.07, 6.45) is 6.51. The van der Waals surface area contributed by atoms with Crippen LogP contribution in [0.25, 0.3) is 16.8 Å². The fraction of sp³-hybridized carbons (Fsp3) is 0.292. The highest BCUT2D eigenvalue weighted by Crippen LogP contribution is 2.29. The van der Waals surface area contributed by atoms with Crippen LogP contribution in [0, 0.1) is 0 Å². The monoisotopic (exact) mass is 429 g/mol. The number of fused-ring (bicyclic) bond motifs is 1. The summed E-state index contributed by atoms with van der Waals surface area (Å²) in [4.78, 5) is 13.9. The lowest BCUT2D eigenvalue weighted by Crippen LogP contribution is -2.46. The van der Waals surface area contributed by atoms with Gasteiger partial charge in [0.15, 0.2) is 5.65 Å². The maximum atomic E-state index is 9.55. The number of nitrogens with one attached hydrogen (secondary N) is 1. The number of hydrogen-bond acceptors (Lipinski definition) is 7. The topological polar surface area (TPSA) is 81.8 Å². The molecule has 8 heteroatoms. The third-order valence-corrected chi connectivity index (χ3v) is 5.81. The van der Waals surface area contributed by atoms with Crippen molar-refractivity contribution in [3.05, 3.63) is 61.1 Å². The molecule has 0 spiro atoms. The van der Waals surface area contributed by atoms with Gasteiger partial charge in [0.25, 0.3) is 0 Å². The van der Waals surface area contributed by atoms with Gasteiger partial charge in [0.1, 0.15) is 17.4 Å². The lowest BCUT2D eigenvalue weighted by Gasteiger charge is -2.37. The van der Waals surface area contributed by atoms with Gasteiger partial charge >= 0.3 is 0 Å². The van der Waals surface area contributed by atoms with E-state index in [2.05, 4.69) is 38.2 Å². The number of anilines is 3. The predicted molar refractivity (Wildman–Crippen MR) is 128 cm³/mol. The lowest BCUT2D eigenvalue weighted by atomic mass is 10.1. The number of benzene rings is 1. The highest BCUT2D eigenvalue weighted by Gasteiger charge is 2.21. The van der Waals surface area contributed by atoms with E-state index in [-0.39, 0.29) is 0 Å². The normalized spacial score (nSPS) is 14.2. The van der Waals surface area contributed by atoms with E-state index >= 15 is 0 Å². The average Bonchev–Trinajstić information content (AvgIpc) is 3.28. The van der Waals surface area contributed by atoms with E-state index in [1.807, 2.05) is 41.2 Å². The summed E-state index contributed by atoms with van der Waals surface area (Å²) in [5, 5.41) is 17.7. The molecule has 0 aliphatic carbocycles. The number of pyridine rings is 1. The maximum Gasteiger partial charge on any atom is 0.167 e. The van der Waals surface area contributed by atoms with Crippen molar-refractivity contribution in [3.63, 3.8) is 0 Å². The van der Waals surface area contributed by atoms with Crippen molar-refractivity contribution in [1.82, 2.24) is 19.6 Å². The molecule has 164 valence electrons. The van der Waals surface area contributed by atoms with E-state index in [0.717, 1.165) is 73.2 Å². The Bertz CT molecular complexity index is 1180. The first-order valence-corrected chi connectivity index (χ1v) is 11.0. The summed E-state index contributed by atoms with van der Waals surface area (Å²) in [5.74, 6) is 2.19. The van der Waals surface area contributed by atoms with E-state index in [1.54, 1.807) is 18.3 Å². The lowest BCUT2D eigenvalue weighted by molar-refractivity contribution is 0.475. The summed E-state index contributed by atoms with van der Waals surface area (Å²) < 4.78 is 1.88. The van der Waals surface area contributed by atoms with Gasteiger partial charge in [-0.1, -0.05) is 13.0 Å². The zero-order valence-corrected chi connectivity index (χ0v) is 18.1. The highest BCUT2D eigenvalue weighted by atomic mass is 16.3. The van der Waals surface area contributed by atoms with E-state index in [1.165, 1.54) is 0 Å². The van der Waals surface area contributed by atoms with Crippen LogP contribution >= 0.6 is 0 Å². The van der Waals surface area contributed by atoms with Crippen molar-refractivity contribution in [2.75, 3.05) is 47.8 Å². The van der Waals surface area contributed by atoms with Gasteiger partial charge in [0.2, 0.25) is 0 Å². The van der Waals surface area contributed by atoms with E-state index in [4.69, 9.17) is 4.98 Å². The van der Waals surface area contributed by atoms with Crippen molar-refractivity contribution < 1.29 is 5.11 Å². The summed E-state index contributed by atoms with van der Waals surface area (Å²) in [6, 6.07) is 13.5. The Kier molecular flexibility index (Phi) is 5.49. The number of piperazine rings is 1. The molecule has 0 radical (unpaired) electrons. The second-order valence-corrected chi connectivity index (χ2v) is 7.95. The van der Waals surface area contributed by atoms with Crippen LogP contribution in [0.4, 0.5) is 17.3 Å². The van der Waals surface area contributed by atoms with Crippen LogP contribution in [0.5, 0.6) is 5.75 Å². The molecule has 1 fully saturated rings. The zero-order valence-electron chi connectivity index (χ0n) is 18.1. The van der Waals surface area contributed by atoms with E-state index in [0.29, 0.717) is 5.75 Å². The Balaban J connectivity index is 1.45. The molecule has 3 aromatic heterocycles. The van der Waals surface area contributed by atoms with Crippen LogP contribution in [0.1, 0.15) is 13.3 Å². The minimum atomic E-state index is 0.294. The molecule has 1 aliphatic heterocycles. The van der Waals surface area contributed by atoms with Gasteiger partial charge in [-0.3, -0.25) is 4.98 Å². The second kappa shape index (κ2) is 8.74. The number of hydrogen-bond donors (Lipinski definition) is 2. The molecular weight excluding hydrogens is 402 g/mol. The van der Waals surface area contributed by atoms with Crippen molar-refractivity contribution in [3.8, 4) is 16.9 Å². The minimum absolute atomic E-state index is 0.294. The van der Waals surface area contributed by atoms with Gasteiger partial charge in [-0.05, 0) is 36.8 Å². The van der Waals surface area contributed by atoms with Crippen LogP contribution < -0.4 is 15.1 Å². The Morgan fingerprint density at radius 3 is 2.50 bits per heavy atom. The van der Waals surface area contributed by atoms with Crippen molar-refractivity contribution in [2.45, 2.75) is 13.3 Å². The molecule has 0 atom stereocenters. The van der Waals surface area contributed by atoms with Crippen LogP contribution in [-0.2, 0) is 0 Å². The van der Waals surface area contributed by atoms with Gasteiger partial charge < -0.3 is 20.2 Å². The highest BCUT2D eigenvalue weighted by molar-refractivity contribution is 5.79. The molecule has 1 saturated heterocycles. The number of nitrogens with zero attached hydrogens (tertiary/aromatic N) is 6. The maximum absolute atomic E-state index is 9.55. The Morgan fingerprint density at radius 1 is 1.00 bits per heavy atom. The Hall–Kier alpha value is -3.81. The fourth-order valence-electron chi connectivity index (χ4n) is 4.07. The molecule has 1 aromatic carbocycles. The molecule has 0 saturated carbocycles. The number of phenols is 1. The molecule has 4 heterocycles. The van der Waals surface area contributed by atoms with E-state index in [9.17, 15) is 5.11 Å². The SMILES string of the molecule is CCCNc1cc(N2CCN(c3ccc(O)cc3)CC2)nc2c(-c3cccnc3)cnn12. The molecular formula is C24H27N7O. The molecule has 1 aliphatic rings. The third-order valence-electron chi connectivity index (χ3n) is 5.81. The molecule has 32 heavy (non-hydrogen) atoms.